The minimum Gasteiger partial charge on any atom is -0.469 e. The second-order valence-electron chi connectivity index (χ2n) is 5.24. The highest BCUT2D eigenvalue weighted by Crippen LogP contribution is 2.34. The van der Waals surface area contributed by atoms with Crippen LogP contribution in [0, 0.1) is 0 Å². The van der Waals surface area contributed by atoms with Crippen molar-refractivity contribution in [3.05, 3.63) is 65.2 Å². The average molecular weight is 283 g/mol. The molecular formula is C17H17NO3. The third kappa shape index (κ3) is 2.70. The predicted molar refractivity (Wildman–Crippen MR) is 79.6 cm³/mol. The molecule has 0 bridgehead atoms. The Hall–Kier alpha value is -2.49. The number of para-hydroxylation sites is 1. The van der Waals surface area contributed by atoms with Crippen LogP contribution in [-0.2, 0) is 12.8 Å². The Morgan fingerprint density at radius 1 is 1.24 bits per heavy atom. The highest BCUT2D eigenvalue weighted by Gasteiger charge is 2.30. The minimum absolute atomic E-state index is 0.436. The maximum Gasteiger partial charge on any atom is 0.409 e. The van der Waals surface area contributed by atoms with Crippen LogP contribution >= 0.6 is 0 Å². The summed E-state index contributed by atoms with van der Waals surface area (Å²) in [6.07, 6.45) is -0.0271. The molecule has 1 aliphatic heterocycles. The van der Waals surface area contributed by atoms with Crippen molar-refractivity contribution in [1.82, 2.24) is 4.90 Å². The van der Waals surface area contributed by atoms with Crippen molar-refractivity contribution in [2.45, 2.75) is 19.1 Å². The van der Waals surface area contributed by atoms with E-state index in [0.29, 0.717) is 6.42 Å². The van der Waals surface area contributed by atoms with Crippen molar-refractivity contribution < 1.29 is 14.6 Å². The normalized spacial score (nSPS) is 16.1. The number of hydrogen-bond donors (Lipinski definition) is 1. The Kier molecular flexibility index (Phi) is 3.52. The van der Waals surface area contributed by atoms with Gasteiger partial charge in [-0.3, -0.25) is 4.90 Å². The second kappa shape index (κ2) is 5.48. The molecule has 3 rings (SSSR count). The molecule has 0 aromatic heterocycles. The fraction of sp³-hybridized carbons (Fsp3) is 0.235. The van der Waals surface area contributed by atoms with Gasteiger partial charge in [0.25, 0.3) is 0 Å². The van der Waals surface area contributed by atoms with Crippen LogP contribution < -0.4 is 4.74 Å². The van der Waals surface area contributed by atoms with Gasteiger partial charge in [-0.15, -0.1) is 0 Å². The highest BCUT2D eigenvalue weighted by molar-refractivity contribution is 5.65. The highest BCUT2D eigenvalue weighted by atomic mass is 16.5. The van der Waals surface area contributed by atoms with Gasteiger partial charge in [-0.2, -0.15) is 0 Å². The average Bonchev–Trinajstić information content (AvgIpc) is 2.92. The lowest BCUT2D eigenvalue weighted by molar-refractivity contribution is 0.0603. The van der Waals surface area contributed by atoms with E-state index in [1.165, 1.54) is 17.5 Å². The fourth-order valence-electron chi connectivity index (χ4n) is 2.61. The van der Waals surface area contributed by atoms with Crippen LogP contribution in [0.1, 0.15) is 16.7 Å². The smallest absolute Gasteiger partial charge is 0.409 e. The lowest BCUT2D eigenvalue weighted by atomic mass is 10.0. The first-order chi connectivity index (χ1) is 10.1. The minimum atomic E-state index is -0.975. The van der Waals surface area contributed by atoms with Gasteiger partial charge in [0.1, 0.15) is 5.75 Å². The molecule has 1 unspecified atom stereocenters. The summed E-state index contributed by atoms with van der Waals surface area (Å²) in [4.78, 5) is 12.3. The zero-order chi connectivity index (χ0) is 14.8. The van der Waals surface area contributed by atoms with E-state index in [1.54, 1.807) is 0 Å². The van der Waals surface area contributed by atoms with Crippen molar-refractivity contribution in [2.24, 2.45) is 0 Å². The summed E-state index contributed by atoms with van der Waals surface area (Å²) in [7, 11) is 1.54. The van der Waals surface area contributed by atoms with E-state index in [2.05, 4.69) is 12.1 Å². The van der Waals surface area contributed by atoms with Crippen LogP contribution in [0.4, 0.5) is 4.79 Å². The summed E-state index contributed by atoms with van der Waals surface area (Å²) in [6, 6.07) is 16.2. The van der Waals surface area contributed by atoms with Gasteiger partial charge >= 0.3 is 6.09 Å². The number of carbonyl (C=O) groups is 1. The van der Waals surface area contributed by atoms with E-state index in [9.17, 15) is 4.79 Å². The Morgan fingerprint density at radius 2 is 2.00 bits per heavy atom. The predicted octanol–water partition coefficient (Wildman–Crippen LogP) is 3.15. The molecule has 1 amide bonds. The molecule has 2 aromatic carbocycles. The van der Waals surface area contributed by atoms with Crippen molar-refractivity contribution in [1.29, 1.82) is 0 Å². The van der Waals surface area contributed by atoms with E-state index in [-0.39, 0.29) is 0 Å². The summed E-state index contributed by atoms with van der Waals surface area (Å²) in [6.45, 7) is 0. The van der Waals surface area contributed by atoms with Gasteiger partial charge in [-0.1, -0.05) is 48.5 Å². The van der Waals surface area contributed by atoms with Gasteiger partial charge in [0, 0.05) is 25.5 Å². The molecule has 1 atom stereocenters. The molecule has 0 spiro atoms. The molecule has 108 valence electrons. The van der Waals surface area contributed by atoms with Crippen LogP contribution in [0.25, 0.3) is 0 Å². The van der Waals surface area contributed by atoms with Crippen LogP contribution in [-0.4, -0.2) is 29.4 Å². The first kappa shape index (κ1) is 13.5. The van der Waals surface area contributed by atoms with E-state index in [4.69, 9.17) is 9.84 Å². The first-order valence-electron chi connectivity index (χ1n) is 6.92. The van der Waals surface area contributed by atoms with E-state index in [1.807, 2.05) is 36.4 Å². The molecule has 0 saturated carbocycles. The molecular weight excluding hydrogens is 266 g/mol. The van der Waals surface area contributed by atoms with Gasteiger partial charge in [0.05, 0.1) is 0 Å². The zero-order valence-electron chi connectivity index (χ0n) is 11.8. The first-order valence-corrected chi connectivity index (χ1v) is 6.92. The quantitative estimate of drug-likeness (QED) is 0.941. The molecule has 0 aliphatic carbocycles. The lowest BCUT2D eigenvalue weighted by Crippen LogP contribution is -2.39. The molecule has 1 N–H and O–H groups in total. The van der Waals surface area contributed by atoms with Gasteiger partial charge in [-0.05, 0) is 11.1 Å². The van der Waals surface area contributed by atoms with Gasteiger partial charge in [0.15, 0.2) is 6.23 Å². The van der Waals surface area contributed by atoms with Crippen molar-refractivity contribution >= 4 is 6.09 Å². The molecule has 0 fully saturated rings. The van der Waals surface area contributed by atoms with E-state index in [0.717, 1.165) is 23.3 Å². The molecule has 2 aromatic rings. The van der Waals surface area contributed by atoms with Crippen LogP contribution in [0.5, 0.6) is 5.75 Å². The fourth-order valence-corrected chi connectivity index (χ4v) is 2.61. The van der Waals surface area contributed by atoms with E-state index < -0.39 is 12.3 Å². The number of hydrogen-bond acceptors (Lipinski definition) is 2. The SMILES string of the molecule is CN(C(=O)O)C1Cc2cccc(Cc3ccccc3)c2O1. The Labute approximate surface area is 123 Å². The third-order valence-corrected chi connectivity index (χ3v) is 3.80. The molecule has 1 heterocycles. The Morgan fingerprint density at radius 3 is 2.71 bits per heavy atom. The molecule has 0 saturated heterocycles. The van der Waals surface area contributed by atoms with Gasteiger partial charge < -0.3 is 9.84 Å². The van der Waals surface area contributed by atoms with Crippen LogP contribution in [0.15, 0.2) is 48.5 Å². The number of carboxylic acid groups (broad SMARTS) is 1. The molecule has 4 heteroatoms. The second-order valence-corrected chi connectivity index (χ2v) is 5.24. The summed E-state index contributed by atoms with van der Waals surface area (Å²) in [5.41, 5.74) is 3.38. The molecule has 21 heavy (non-hydrogen) atoms. The van der Waals surface area contributed by atoms with Gasteiger partial charge in [0.2, 0.25) is 0 Å². The number of amides is 1. The number of ether oxygens (including phenoxy) is 1. The standard InChI is InChI=1S/C17H17NO3/c1-18(17(19)20)15-11-14-9-5-8-13(16(14)21-15)10-12-6-3-2-4-7-12/h2-9,15H,10-11H2,1H3,(H,19,20). The maximum atomic E-state index is 11.1. The van der Waals surface area contributed by atoms with Crippen molar-refractivity contribution in [2.75, 3.05) is 7.05 Å². The monoisotopic (exact) mass is 283 g/mol. The lowest BCUT2D eigenvalue weighted by Gasteiger charge is -2.21. The number of benzene rings is 2. The molecule has 4 nitrogen and oxygen atoms in total. The zero-order valence-corrected chi connectivity index (χ0v) is 11.8. The number of likely N-dealkylation sites (N-methyl/N-ethyl adjacent to an activating group) is 1. The maximum absolute atomic E-state index is 11.1. The largest absolute Gasteiger partial charge is 0.469 e. The van der Waals surface area contributed by atoms with Crippen molar-refractivity contribution in [3.63, 3.8) is 0 Å². The van der Waals surface area contributed by atoms with E-state index >= 15 is 0 Å². The Bertz CT molecular complexity index is 654. The summed E-state index contributed by atoms with van der Waals surface area (Å²) in [5, 5.41) is 9.07. The number of fused-ring (bicyclic) bond motifs is 1. The van der Waals surface area contributed by atoms with Gasteiger partial charge in [-0.25, -0.2) is 4.79 Å². The summed E-state index contributed by atoms with van der Waals surface area (Å²) in [5.74, 6) is 0.833. The molecule has 1 aliphatic rings. The number of rotatable bonds is 3. The van der Waals surface area contributed by atoms with Crippen LogP contribution in [0.2, 0.25) is 0 Å². The van der Waals surface area contributed by atoms with Crippen LogP contribution in [0.3, 0.4) is 0 Å². The molecule has 0 radical (unpaired) electrons. The van der Waals surface area contributed by atoms with Crippen molar-refractivity contribution in [3.8, 4) is 5.75 Å². The topological polar surface area (TPSA) is 49.8 Å². The summed E-state index contributed by atoms with van der Waals surface area (Å²) >= 11 is 0. The summed E-state index contributed by atoms with van der Waals surface area (Å²) < 4.78 is 5.88. The third-order valence-electron chi connectivity index (χ3n) is 3.80. The number of nitrogens with zero attached hydrogens (tertiary/aromatic N) is 1. The Balaban J connectivity index is 1.84.